The lowest BCUT2D eigenvalue weighted by Crippen LogP contribution is -2.32. The van der Waals surface area contributed by atoms with Crippen LogP contribution in [0.4, 0.5) is 13.2 Å². The van der Waals surface area contributed by atoms with Crippen LogP contribution < -0.4 is 5.32 Å². The van der Waals surface area contributed by atoms with E-state index in [1.54, 1.807) is 6.92 Å². The predicted molar refractivity (Wildman–Crippen MR) is 86.7 cm³/mol. The predicted octanol–water partition coefficient (Wildman–Crippen LogP) is 3.66. The van der Waals surface area contributed by atoms with Crippen molar-refractivity contribution in [1.29, 1.82) is 0 Å². The number of nitrogens with one attached hydrogen (secondary N) is 1. The van der Waals surface area contributed by atoms with Gasteiger partial charge in [0.05, 0.1) is 16.6 Å². The third-order valence-corrected chi connectivity index (χ3v) is 4.79. The fraction of sp³-hybridized carbons (Fsp3) is 0.438. The van der Waals surface area contributed by atoms with Crippen molar-refractivity contribution in [2.45, 2.75) is 43.0 Å². The second kappa shape index (κ2) is 7.07. The quantitative estimate of drug-likeness (QED) is 0.839. The molecule has 1 atom stereocenters. The topological polar surface area (TPSA) is 68.0 Å². The minimum absolute atomic E-state index is 0.0369. The Morgan fingerprint density at radius 1 is 1.44 bits per heavy atom. The molecule has 5 nitrogen and oxygen atoms in total. The van der Waals surface area contributed by atoms with Crippen LogP contribution >= 0.6 is 11.8 Å². The summed E-state index contributed by atoms with van der Waals surface area (Å²) in [7, 11) is 0. The Morgan fingerprint density at radius 3 is 2.88 bits per heavy atom. The number of nitrogens with zero attached hydrogens (tertiary/aromatic N) is 2. The average molecular weight is 371 g/mol. The molecule has 134 valence electrons. The van der Waals surface area contributed by atoms with Gasteiger partial charge in [0.25, 0.3) is 0 Å². The van der Waals surface area contributed by atoms with Gasteiger partial charge in [-0.05, 0) is 31.9 Å². The van der Waals surface area contributed by atoms with Gasteiger partial charge in [0.1, 0.15) is 0 Å². The number of halogens is 3. The van der Waals surface area contributed by atoms with Gasteiger partial charge in [-0.1, -0.05) is 17.3 Å². The van der Waals surface area contributed by atoms with Gasteiger partial charge < -0.3 is 9.84 Å². The first kappa shape index (κ1) is 17.8. The number of amides is 1. The molecule has 1 aromatic heterocycles. The third kappa shape index (κ3) is 4.75. The summed E-state index contributed by atoms with van der Waals surface area (Å²) in [6.45, 7) is 1.78. The minimum atomic E-state index is -4.43. The van der Waals surface area contributed by atoms with Gasteiger partial charge in [0.15, 0.2) is 0 Å². The largest absolute Gasteiger partial charge is 0.416 e. The normalized spacial score (nSPS) is 15.8. The Kier molecular flexibility index (Phi) is 5.03. The van der Waals surface area contributed by atoms with Crippen molar-refractivity contribution >= 4 is 17.7 Å². The lowest BCUT2D eigenvalue weighted by Gasteiger charge is -2.09. The van der Waals surface area contributed by atoms with Crippen molar-refractivity contribution in [1.82, 2.24) is 15.5 Å². The van der Waals surface area contributed by atoms with Crippen molar-refractivity contribution in [3.8, 4) is 11.4 Å². The van der Waals surface area contributed by atoms with E-state index in [2.05, 4.69) is 15.5 Å². The number of thioether (sulfide) groups is 1. The molecule has 25 heavy (non-hydrogen) atoms. The Bertz CT molecular complexity index is 759. The van der Waals surface area contributed by atoms with Crippen molar-refractivity contribution in [2.24, 2.45) is 0 Å². The number of hydrogen-bond acceptors (Lipinski definition) is 5. The standard InChI is InChI=1S/C16H16F3N3O2S/c1-9(15(23)20-12-5-6-12)25-8-13-21-14(22-24-13)10-3-2-4-11(7-10)16(17,18)19/h2-4,7,9,12H,5-6,8H2,1H3,(H,20,23). The molecule has 3 rings (SSSR count). The van der Waals surface area contributed by atoms with Crippen molar-refractivity contribution in [3.63, 3.8) is 0 Å². The molecule has 1 aliphatic rings. The molecular formula is C16H16F3N3O2S. The fourth-order valence-electron chi connectivity index (χ4n) is 2.08. The van der Waals surface area contributed by atoms with Crippen molar-refractivity contribution < 1.29 is 22.5 Å². The Balaban J connectivity index is 1.61. The molecule has 0 radical (unpaired) electrons. The fourth-order valence-corrected chi connectivity index (χ4v) is 2.81. The molecule has 2 aromatic rings. The van der Waals surface area contributed by atoms with Crippen LogP contribution in [0.5, 0.6) is 0 Å². The smallest absolute Gasteiger partial charge is 0.352 e. The highest BCUT2D eigenvalue weighted by Crippen LogP contribution is 2.31. The van der Waals surface area contributed by atoms with Gasteiger partial charge in [0, 0.05) is 11.6 Å². The SMILES string of the molecule is CC(SCc1nc(-c2cccc(C(F)(F)F)c2)no1)C(=O)NC1CC1. The third-order valence-electron chi connectivity index (χ3n) is 3.67. The average Bonchev–Trinajstić information content (AvgIpc) is 3.25. The molecule has 9 heteroatoms. The zero-order chi connectivity index (χ0) is 18.0. The van der Waals surface area contributed by atoms with Gasteiger partial charge >= 0.3 is 6.18 Å². The number of aromatic nitrogens is 2. The summed E-state index contributed by atoms with van der Waals surface area (Å²) >= 11 is 1.34. The summed E-state index contributed by atoms with van der Waals surface area (Å²) in [5, 5.41) is 6.36. The van der Waals surface area contributed by atoms with E-state index < -0.39 is 11.7 Å². The van der Waals surface area contributed by atoms with Crippen LogP contribution in [0.2, 0.25) is 0 Å². The molecule has 0 saturated heterocycles. The van der Waals surface area contributed by atoms with Crippen LogP contribution in [-0.4, -0.2) is 27.3 Å². The second-order valence-corrected chi connectivity index (χ2v) is 7.16. The van der Waals surface area contributed by atoms with E-state index in [0.717, 1.165) is 25.0 Å². The first-order valence-electron chi connectivity index (χ1n) is 7.75. The maximum Gasteiger partial charge on any atom is 0.416 e. The Hall–Kier alpha value is -2.03. The molecule has 0 aliphatic heterocycles. The first-order chi connectivity index (χ1) is 11.8. The lowest BCUT2D eigenvalue weighted by atomic mass is 10.1. The number of rotatable bonds is 6. The maximum atomic E-state index is 12.8. The van der Waals surface area contributed by atoms with E-state index in [0.29, 0.717) is 11.8 Å². The van der Waals surface area contributed by atoms with Crippen LogP contribution in [-0.2, 0) is 16.7 Å². The van der Waals surface area contributed by atoms with E-state index in [-0.39, 0.29) is 28.4 Å². The zero-order valence-electron chi connectivity index (χ0n) is 13.3. The summed E-state index contributed by atoms with van der Waals surface area (Å²) in [6, 6.07) is 5.05. The van der Waals surface area contributed by atoms with Crippen LogP contribution in [0.1, 0.15) is 31.2 Å². The van der Waals surface area contributed by atoms with Gasteiger partial charge in [-0.3, -0.25) is 4.79 Å². The van der Waals surface area contributed by atoms with Gasteiger partial charge in [-0.2, -0.15) is 18.2 Å². The highest BCUT2D eigenvalue weighted by atomic mass is 32.2. The molecule has 1 aliphatic carbocycles. The molecule has 1 N–H and O–H groups in total. The first-order valence-corrected chi connectivity index (χ1v) is 8.80. The molecule has 1 saturated carbocycles. The van der Waals surface area contributed by atoms with E-state index in [9.17, 15) is 18.0 Å². The van der Waals surface area contributed by atoms with Crippen LogP contribution in [0.3, 0.4) is 0 Å². The molecule has 1 fully saturated rings. The van der Waals surface area contributed by atoms with Gasteiger partial charge in [0.2, 0.25) is 17.6 Å². The summed E-state index contributed by atoms with van der Waals surface area (Å²) in [6.07, 6.45) is -2.39. The molecule has 0 bridgehead atoms. The van der Waals surface area contributed by atoms with Gasteiger partial charge in [-0.15, -0.1) is 11.8 Å². The van der Waals surface area contributed by atoms with Gasteiger partial charge in [-0.25, -0.2) is 0 Å². The molecule has 1 heterocycles. The number of benzene rings is 1. The van der Waals surface area contributed by atoms with E-state index >= 15 is 0 Å². The minimum Gasteiger partial charge on any atom is -0.352 e. The zero-order valence-corrected chi connectivity index (χ0v) is 14.2. The highest BCUT2D eigenvalue weighted by Gasteiger charge is 2.31. The lowest BCUT2D eigenvalue weighted by molar-refractivity contribution is -0.137. The van der Waals surface area contributed by atoms with Crippen molar-refractivity contribution in [2.75, 3.05) is 0 Å². The molecule has 1 aromatic carbocycles. The Morgan fingerprint density at radius 2 is 2.20 bits per heavy atom. The van der Waals surface area contributed by atoms with E-state index in [1.165, 1.54) is 23.9 Å². The monoisotopic (exact) mass is 371 g/mol. The molecule has 1 amide bonds. The summed E-state index contributed by atoms with van der Waals surface area (Å²) in [4.78, 5) is 16.0. The summed E-state index contributed by atoms with van der Waals surface area (Å²) in [5.74, 6) is 0.635. The molecule has 0 spiro atoms. The summed E-state index contributed by atoms with van der Waals surface area (Å²) in [5.41, 5.74) is -0.537. The number of alkyl halides is 3. The number of carbonyl (C=O) groups is 1. The van der Waals surface area contributed by atoms with Crippen LogP contribution in [0.25, 0.3) is 11.4 Å². The second-order valence-electron chi connectivity index (χ2n) is 5.83. The van der Waals surface area contributed by atoms with E-state index in [4.69, 9.17) is 4.52 Å². The summed E-state index contributed by atoms with van der Waals surface area (Å²) < 4.78 is 43.4. The number of carbonyl (C=O) groups excluding carboxylic acids is 1. The molecule has 1 unspecified atom stereocenters. The van der Waals surface area contributed by atoms with E-state index in [1.807, 2.05) is 0 Å². The molecular weight excluding hydrogens is 355 g/mol. The van der Waals surface area contributed by atoms with Crippen LogP contribution in [0, 0.1) is 0 Å². The van der Waals surface area contributed by atoms with Crippen molar-refractivity contribution in [3.05, 3.63) is 35.7 Å². The highest BCUT2D eigenvalue weighted by molar-refractivity contribution is 7.99. The number of hydrogen-bond donors (Lipinski definition) is 1. The maximum absolute atomic E-state index is 12.8. The Labute approximate surface area is 146 Å². The van der Waals surface area contributed by atoms with Crippen LogP contribution in [0.15, 0.2) is 28.8 Å².